The molecule has 1 aromatic carbocycles. The number of hydrogen-bond acceptors (Lipinski definition) is 14. The third kappa shape index (κ3) is 10.2. The van der Waals surface area contributed by atoms with Crippen LogP contribution >= 0.6 is 0 Å². The highest BCUT2D eigenvalue weighted by Crippen LogP contribution is 2.39. The molecule has 1 aliphatic carbocycles. The Hall–Kier alpha value is -4.66. The molecule has 294 valence electrons. The van der Waals surface area contributed by atoms with Crippen LogP contribution in [0.2, 0.25) is 0 Å². The molecule has 7 rings (SSSR count). The van der Waals surface area contributed by atoms with Crippen LogP contribution in [-0.4, -0.2) is 124 Å². The van der Waals surface area contributed by atoms with Gasteiger partial charge in [-0.3, -0.25) is 9.58 Å². The van der Waals surface area contributed by atoms with E-state index in [0.717, 1.165) is 50.0 Å². The Kier molecular flexibility index (Phi) is 13.5. The smallest absolute Gasteiger partial charge is 0.256 e. The Bertz CT molecular complexity index is 1790. The van der Waals surface area contributed by atoms with Crippen LogP contribution in [-0.2, 0) is 25.5 Å². The van der Waals surface area contributed by atoms with Gasteiger partial charge in [-0.2, -0.15) is 10.4 Å². The first-order valence-corrected chi connectivity index (χ1v) is 19.4. The number of benzene rings is 1. The molecule has 4 aromatic rings. The van der Waals surface area contributed by atoms with Gasteiger partial charge in [-0.25, -0.2) is 19.6 Å². The van der Waals surface area contributed by atoms with Crippen LogP contribution in [0.3, 0.4) is 0 Å². The summed E-state index contributed by atoms with van der Waals surface area (Å²) in [6.07, 6.45) is 16.0. The molecule has 2 saturated heterocycles. The third-order valence-electron chi connectivity index (χ3n) is 10.5. The summed E-state index contributed by atoms with van der Waals surface area (Å²) >= 11 is 0. The molecule has 2 bridgehead atoms. The number of ether oxygens (including phenoxy) is 6. The Balaban J connectivity index is 0.990. The zero-order valence-corrected chi connectivity index (χ0v) is 31.8. The number of nitrogens with one attached hydrogen (secondary N) is 1. The lowest BCUT2D eigenvalue weighted by Crippen LogP contribution is -2.52. The molecule has 3 atom stereocenters. The topological polar surface area (TPSA) is 169 Å². The minimum Gasteiger partial charge on any atom is -0.487 e. The van der Waals surface area contributed by atoms with E-state index in [1.807, 2.05) is 25.3 Å². The molecule has 0 radical (unpaired) electrons. The standard InChI is InChI=1S/C39H52N10O6/c1-28(22-47-27-41-26-44-47)55-37-18-29(4-5-30(37)19-40)31-20-42-39(43-21-31)45-36-23-48(46-38(36)54-13-3-12-51-16-17-52-15-14-50-2)32-6-8-33(9-7-32)49-34-10-11-35(49)25-53-24-34/h4-5,18,20-21,23,26-28,32-35H,3,6-17,22,24-25H2,1-2H3,(H,42,43,45)/t28?,32?,33?,34-,35+. The van der Waals surface area contributed by atoms with Crippen LogP contribution in [0.15, 0.2) is 49.4 Å². The Morgan fingerprint density at radius 1 is 0.909 bits per heavy atom. The van der Waals surface area contributed by atoms with Crippen LogP contribution in [0.4, 0.5) is 11.6 Å². The van der Waals surface area contributed by atoms with Gasteiger partial charge in [-0.1, -0.05) is 6.07 Å². The molecule has 1 unspecified atom stereocenters. The zero-order valence-electron chi connectivity index (χ0n) is 31.8. The third-order valence-corrected chi connectivity index (χ3v) is 10.5. The van der Waals surface area contributed by atoms with E-state index in [-0.39, 0.29) is 12.1 Å². The van der Waals surface area contributed by atoms with E-state index >= 15 is 0 Å². The van der Waals surface area contributed by atoms with Crippen molar-refractivity contribution in [1.82, 2.24) is 39.4 Å². The number of aromatic nitrogens is 7. The molecule has 55 heavy (non-hydrogen) atoms. The Morgan fingerprint density at radius 2 is 1.64 bits per heavy atom. The summed E-state index contributed by atoms with van der Waals surface area (Å²) in [7, 11) is 1.66. The lowest BCUT2D eigenvalue weighted by atomic mass is 9.89. The van der Waals surface area contributed by atoms with Gasteiger partial charge in [0, 0.05) is 56.2 Å². The summed E-state index contributed by atoms with van der Waals surface area (Å²) in [4.78, 5) is 16.0. The number of methoxy groups -OCH3 is 1. The fourth-order valence-electron chi connectivity index (χ4n) is 7.82. The predicted molar refractivity (Wildman–Crippen MR) is 202 cm³/mol. The molecule has 0 spiro atoms. The summed E-state index contributed by atoms with van der Waals surface area (Å²) < 4.78 is 38.2. The van der Waals surface area contributed by atoms with Gasteiger partial charge in [0.1, 0.15) is 36.3 Å². The molecular weight excluding hydrogens is 704 g/mol. The van der Waals surface area contributed by atoms with Crippen molar-refractivity contribution in [3.63, 3.8) is 0 Å². The van der Waals surface area contributed by atoms with Crippen molar-refractivity contribution in [3.05, 3.63) is 55.0 Å². The van der Waals surface area contributed by atoms with E-state index < -0.39 is 0 Å². The predicted octanol–water partition coefficient (Wildman–Crippen LogP) is 4.81. The zero-order chi connectivity index (χ0) is 37.8. The second-order valence-corrected chi connectivity index (χ2v) is 14.4. The van der Waals surface area contributed by atoms with Gasteiger partial charge < -0.3 is 33.7 Å². The first-order chi connectivity index (χ1) is 27.1. The van der Waals surface area contributed by atoms with Gasteiger partial charge in [-0.15, -0.1) is 5.10 Å². The Morgan fingerprint density at radius 3 is 2.36 bits per heavy atom. The van der Waals surface area contributed by atoms with Gasteiger partial charge >= 0.3 is 0 Å². The van der Waals surface area contributed by atoms with Crippen molar-refractivity contribution in [2.45, 2.75) is 88.7 Å². The minimum absolute atomic E-state index is 0.238. The maximum absolute atomic E-state index is 9.73. The van der Waals surface area contributed by atoms with Crippen molar-refractivity contribution < 1.29 is 28.4 Å². The maximum Gasteiger partial charge on any atom is 0.256 e. The maximum atomic E-state index is 9.73. The van der Waals surface area contributed by atoms with Gasteiger partial charge in [0.2, 0.25) is 5.95 Å². The summed E-state index contributed by atoms with van der Waals surface area (Å²) in [5.41, 5.74) is 2.77. The van der Waals surface area contributed by atoms with Gasteiger partial charge in [0.25, 0.3) is 5.88 Å². The average Bonchev–Trinajstić information content (AvgIpc) is 3.93. The number of nitrogens with zero attached hydrogens (tertiary/aromatic N) is 9. The molecule has 0 amide bonds. The van der Waals surface area contributed by atoms with Gasteiger partial charge in [0.15, 0.2) is 0 Å². The average molecular weight is 757 g/mol. The fraction of sp³-hybridized carbons (Fsp3) is 0.590. The van der Waals surface area contributed by atoms with E-state index in [9.17, 15) is 5.26 Å². The van der Waals surface area contributed by atoms with E-state index in [0.29, 0.717) is 99.6 Å². The fourth-order valence-corrected chi connectivity index (χ4v) is 7.82. The SMILES string of the molecule is COCCOCCOCCCOc1nn(C2CCC(N3[C@@H]4CC[C@H]3COC4)CC2)cc1Nc1ncc(-c2ccc(C#N)c(OC(C)Cn3cncn3)c2)cn1. The molecule has 1 N–H and O–H groups in total. The largest absolute Gasteiger partial charge is 0.487 e. The van der Waals surface area contributed by atoms with Crippen molar-refractivity contribution in [1.29, 1.82) is 5.26 Å². The molecule has 16 nitrogen and oxygen atoms in total. The van der Waals surface area contributed by atoms with E-state index in [1.165, 1.54) is 19.2 Å². The summed E-state index contributed by atoms with van der Waals surface area (Å²) in [6, 6.07) is 9.72. The molecule has 3 aliphatic rings. The highest BCUT2D eigenvalue weighted by molar-refractivity contribution is 5.67. The van der Waals surface area contributed by atoms with E-state index in [4.69, 9.17) is 33.5 Å². The number of fused-ring (bicyclic) bond motifs is 2. The van der Waals surface area contributed by atoms with Crippen LogP contribution in [0, 0.1) is 11.3 Å². The highest BCUT2D eigenvalue weighted by atomic mass is 16.5. The molecule has 5 heterocycles. The number of hydrogen-bond donors (Lipinski definition) is 1. The normalized spacial score (nSPS) is 21.6. The van der Waals surface area contributed by atoms with Crippen molar-refractivity contribution >= 4 is 11.6 Å². The summed E-state index contributed by atoms with van der Waals surface area (Å²) in [5, 5.41) is 22.2. The Labute approximate surface area is 322 Å². The lowest BCUT2D eigenvalue weighted by molar-refractivity contribution is -0.0458. The van der Waals surface area contributed by atoms with Gasteiger partial charge in [0.05, 0.1) is 70.6 Å². The van der Waals surface area contributed by atoms with Gasteiger partial charge in [-0.05, 0) is 63.1 Å². The van der Waals surface area contributed by atoms with E-state index in [1.54, 1.807) is 36.6 Å². The highest BCUT2D eigenvalue weighted by Gasteiger charge is 2.42. The minimum atomic E-state index is -0.238. The lowest BCUT2D eigenvalue weighted by Gasteiger charge is -2.43. The summed E-state index contributed by atoms with van der Waals surface area (Å²) in [6.45, 7) is 7.34. The van der Waals surface area contributed by atoms with Crippen molar-refractivity contribution in [2.24, 2.45) is 0 Å². The molecule has 16 heteroatoms. The molecule has 3 aromatic heterocycles. The number of nitriles is 1. The second kappa shape index (κ2) is 19.3. The van der Waals surface area contributed by atoms with Crippen LogP contribution < -0.4 is 14.8 Å². The monoisotopic (exact) mass is 756 g/mol. The van der Waals surface area contributed by atoms with Crippen molar-refractivity contribution in [3.8, 4) is 28.8 Å². The van der Waals surface area contributed by atoms with Crippen LogP contribution in [0.1, 0.15) is 63.5 Å². The number of morpholine rings is 1. The molecule has 1 saturated carbocycles. The van der Waals surface area contributed by atoms with Crippen LogP contribution in [0.25, 0.3) is 11.1 Å². The number of rotatable bonds is 20. The first kappa shape index (κ1) is 38.6. The van der Waals surface area contributed by atoms with Crippen LogP contribution in [0.5, 0.6) is 11.6 Å². The van der Waals surface area contributed by atoms with E-state index in [2.05, 4.69) is 41.0 Å². The molecular formula is C39H52N10O6. The molecule has 3 fully saturated rings. The second-order valence-electron chi connectivity index (χ2n) is 14.4. The molecule has 2 aliphatic heterocycles. The first-order valence-electron chi connectivity index (χ1n) is 19.4. The van der Waals surface area contributed by atoms with Crippen molar-refractivity contribution in [2.75, 3.05) is 65.3 Å². The summed E-state index contributed by atoms with van der Waals surface area (Å²) in [5.74, 6) is 1.41. The quantitative estimate of drug-likeness (QED) is 0.122. The number of anilines is 2.